The fourth-order valence-corrected chi connectivity index (χ4v) is 1.24. The molecular formula is C11H22O2. The molecule has 0 radical (unpaired) electrons. The van der Waals surface area contributed by atoms with Crippen LogP contribution in [0.2, 0.25) is 0 Å². The molecule has 0 heterocycles. The first-order valence-corrected chi connectivity index (χ1v) is 5.13. The van der Waals surface area contributed by atoms with E-state index in [2.05, 4.69) is 13.8 Å². The molecule has 0 aliphatic rings. The first-order valence-electron chi connectivity index (χ1n) is 5.13. The number of Topliss-reactive ketones (excluding diaryl/α,β-unsaturated/α-hetero) is 1. The summed E-state index contributed by atoms with van der Waals surface area (Å²) in [6.45, 7) is 8.76. The molecule has 0 saturated carbocycles. The van der Waals surface area contributed by atoms with Crippen molar-refractivity contribution in [3.05, 3.63) is 0 Å². The van der Waals surface area contributed by atoms with Crippen LogP contribution in [-0.4, -0.2) is 18.5 Å². The van der Waals surface area contributed by atoms with Gasteiger partial charge in [-0.3, -0.25) is 4.79 Å². The molecule has 0 fully saturated rings. The Morgan fingerprint density at radius 1 is 1.31 bits per heavy atom. The van der Waals surface area contributed by atoms with Crippen LogP contribution < -0.4 is 0 Å². The van der Waals surface area contributed by atoms with Crippen molar-refractivity contribution in [1.82, 2.24) is 0 Å². The summed E-state index contributed by atoms with van der Waals surface area (Å²) in [4.78, 5) is 10.7. The summed E-state index contributed by atoms with van der Waals surface area (Å²) in [6, 6.07) is 0. The molecule has 0 N–H and O–H groups in total. The Kier molecular flexibility index (Phi) is 6.87. The van der Waals surface area contributed by atoms with Gasteiger partial charge in [0.05, 0.1) is 6.10 Å². The van der Waals surface area contributed by atoms with Crippen LogP contribution in [0, 0.1) is 5.92 Å². The van der Waals surface area contributed by atoms with E-state index in [0.717, 1.165) is 18.9 Å². The van der Waals surface area contributed by atoms with Crippen molar-refractivity contribution in [3.63, 3.8) is 0 Å². The Labute approximate surface area is 81.7 Å². The summed E-state index contributed by atoms with van der Waals surface area (Å²) < 4.78 is 5.48. The van der Waals surface area contributed by atoms with Crippen LogP contribution in [0.1, 0.15) is 47.0 Å². The zero-order valence-corrected chi connectivity index (χ0v) is 9.30. The monoisotopic (exact) mass is 186 g/mol. The van der Waals surface area contributed by atoms with E-state index in [1.165, 1.54) is 6.42 Å². The average Bonchev–Trinajstić information content (AvgIpc) is 1.96. The highest BCUT2D eigenvalue weighted by Gasteiger charge is 2.04. The molecule has 0 amide bonds. The van der Waals surface area contributed by atoms with E-state index in [1.54, 1.807) is 6.92 Å². The van der Waals surface area contributed by atoms with Gasteiger partial charge in [-0.2, -0.15) is 0 Å². The van der Waals surface area contributed by atoms with Crippen molar-refractivity contribution in [3.8, 4) is 0 Å². The van der Waals surface area contributed by atoms with Crippen LogP contribution in [0.4, 0.5) is 0 Å². The Bertz CT molecular complexity index is 141. The third-order valence-corrected chi connectivity index (χ3v) is 1.90. The minimum absolute atomic E-state index is 0.0877. The molecule has 0 saturated heterocycles. The highest BCUT2D eigenvalue weighted by Crippen LogP contribution is 2.05. The lowest BCUT2D eigenvalue weighted by Gasteiger charge is -2.11. The second kappa shape index (κ2) is 7.07. The predicted octanol–water partition coefficient (Wildman–Crippen LogP) is 2.81. The van der Waals surface area contributed by atoms with Crippen LogP contribution in [0.3, 0.4) is 0 Å². The van der Waals surface area contributed by atoms with Gasteiger partial charge in [0.1, 0.15) is 5.78 Å². The third kappa shape index (κ3) is 9.54. The quantitative estimate of drug-likeness (QED) is 0.571. The number of rotatable bonds is 7. The van der Waals surface area contributed by atoms with Gasteiger partial charge in [0.25, 0.3) is 0 Å². The van der Waals surface area contributed by atoms with E-state index >= 15 is 0 Å². The Hall–Kier alpha value is -0.370. The van der Waals surface area contributed by atoms with Crippen LogP contribution in [0.15, 0.2) is 0 Å². The smallest absolute Gasteiger partial charge is 0.132 e. The molecule has 0 aromatic rings. The van der Waals surface area contributed by atoms with Crippen molar-refractivity contribution >= 4 is 5.78 Å². The molecule has 0 aromatic carbocycles. The van der Waals surface area contributed by atoms with Crippen molar-refractivity contribution in [2.24, 2.45) is 5.92 Å². The van der Waals surface area contributed by atoms with Gasteiger partial charge in [-0.1, -0.05) is 13.8 Å². The maximum atomic E-state index is 10.7. The molecule has 0 rings (SSSR count). The summed E-state index contributed by atoms with van der Waals surface area (Å²) in [6.07, 6.45) is 2.93. The molecule has 78 valence electrons. The van der Waals surface area contributed by atoms with Gasteiger partial charge in [-0.25, -0.2) is 0 Å². The zero-order chi connectivity index (χ0) is 10.3. The topological polar surface area (TPSA) is 26.3 Å². The summed E-state index contributed by atoms with van der Waals surface area (Å²) in [7, 11) is 0. The van der Waals surface area contributed by atoms with Crippen molar-refractivity contribution in [1.29, 1.82) is 0 Å². The number of carbonyl (C=O) groups excluding carboxylic acids is 1. The fraction of sp³-hybridized carbons (Fsp3) is 0.909. The van der Waals surface area contributed by atoms with E-state index in [1.807, 2.05) is 6.92 Å². The van der Waals surface area contributed by atoms with Gasteiger partial charge in [-0.05, 0) is 32.6 Å². The zero-order valence-electron chi connectivity index (χ0n) is 9.30. The van der Waals surface area contributed by atoms with Gasteiger partial charge >= 0.3 is 0 Å². The number of carbonyl (C=O) groups is 1. The summed E-state index contributed by atoms with van der Waals surface area (Å²) in [5.41, 5.74) is 0. The summed E-state index contributed by atoms with van der Waals surface area (Å²) >= 11 is 0. The summed E-state index contributed by atoms with van der Waals surface area (Å²) in [5, 5.41) is 0. The maximum absolute atomic E-state index is 10.7. The largest absolute Gasteiger partial charge is 0.378 e. The number of hydrogen-bond donors (Lipinski definition) is 0. The molecule has 1 atom stereocenters. The fourth-order valence-electron chi connectivity index (χ4n) is 1.24. The molecule has 0 spiro atoms. The second-order valence-corrected chi connectivity index (χ2v) is 4.12. The Balaban J connectivity index is 3.26. The highest BCUT2D eigenvalue weighted by molar-refractivity contribution is 5.75. The van der Waals surface area contributed by atoms with Crippen LogP contribution in [-0.2, 0) is 9.53 Å². The predicted molar refractivity (Wildman–Crippen MR) is 54.8 cm³/mol. The number of ketones is 1. The van der Waals surface area contributed by atoms with Crippen LogP contribution in [0.25, 0.3) is 0 Å². The van der Waals surface area contributed by atoms with Gasteiger partial charge in [0.2, 0.25) is 0 Å². The minimum atomic E-state index is 0.0877. The molecule has 2 nitrogen and oxygen atoms in total. The van der Waals surface area contributed by atoms with E-state index < -0.39 is 0 Å². The lowest BCUT2D eigenvalue weighted by Crippen LogP contribution is -2.13. The average molecular weight is 186 g/mol. The lowest BCUT2D eigenvalue weighted by molar-refractivity contribution is -0.119. The maximum Gasteiger partial charge on any atom is 0.132 e. The molecule has 0 aliphatic heterocycles. The van der Waals surface area contributed by atoms with Gasteiger partial charge in [0, 0.05) is 13.0 Å². The number of ether oxygens (including phenoxy) is 1. The lowest BCUT2D eigenvalue weighted by atomic mass is 10.1. The summed E-state index contributed by atoms with van der Waals surface area (Å²) in [5.74, 6) is 0.947. The van der Waals surface area contributed by atoms with Crippen molar-refractivity contribution in [2.45, 2.75) is 53.1 Å². The van der Waals surface area contributed by atoms with Crippen LogP contribution >= 0.6 is 0 Å². The van der Waals surface area contributed by atoms with E-state index in [4.69, 9.17) is 4.74 Å². The SMILES string of the molecule is CC(=O)CC(C)OCCCC(C)C. The molecule has 1 unspecified atom stereocenters. The van der Waals surface area contributed by atoms with E-state index in [9.17, 15) is 4.79 Å². The second-order valence-electron chi connectivity index (χ2n) is 4.12. The molecule has 0 aromatic heterocycles. The number of hydrogen-bond acceptors (Lipinski definition) is 2. The molecule has 0 bridgehead atoms. The van der Waals surface area contributed by atoms with E-state index in [0.29, 0.717) is 6.42 Å². The molecule has 13 heavy (non-hydrogen) atoms. The molecule has 2 heteroatoms. The van der Waals surface area contributed by atoms with Crippen LogP contribution in [0.5, 0.6) is 0 Å². The van der Waals surface area contributed by atoms with Crippen molar-refractivity contribution < 1.29 is 9.53 Å². The Morgan fingerprint density at radius 2 is 1.92 bits per heavy atom. The van der Waals surface area contributed by atoms with Crippen molar-refractivity contribution in [2.75, 3.05) is 6.61 Å². The molecular weight excluding hydrogens is 164 g/mol. The Morgan fingerprint density at radius 3 is 2.38 bits per heavy atom. The standard InChI is InChI=1S/C11H22O2/c1-9(2)6-5-7-13-11(4)8-10(3)12/h9,11H,5-8H2,1-4H3. The first kappa shape index (κ1) is 12.6. The van der Waals surface area contributed by atoms with Gasteiger partial charge in [0.15, 0.2) is 0 Å². The minimum Gasteiger partial charge on any atom is -0.378 e. The van der Waals surface area contributed by atoms with Gasteiger partial charge in [-0.15, -0.1) is 0 Å². The van der Waals surface area contributed by atoms with E-state index in [-0.39, 0.29) is 11.9 Å². The third-order valence-electron chi connectivity index (χ3n) is 1.90. The first-order chi connectivity index (χ1) is 6.02. The van der Waals surface area contributed by atoms with Gasteiger partial charge < -0.3 is 4.74 Å². The highest BCUT2D eigenvalue weighted by atomic mass is 16.5. The normalized spacial score (nSPS) is 13.3. The molecule has 0 aliphatic carbocycles.